The second-order valence-corrected chi connectivity index (χ2v) is 9.11. The average Bonchev–Trinajstić information content (AvgIpc) is 3.01. The van der Waals surface area contributed by atoms with Crippen LogP contribution in [0.2, 0.25) is 0 Å². The van der Waals surface area contributed by atoms with E-state index in [-0.39, 0.29) is 22.7 Å². The Kier molecular flexibility index (Phi) is 4.14. The van der Waals surface area contributed by atoms with E-state index in [1.165, 1.54) is 6.42 Å². The van der Waals surface area contributed by atoms with E-state index in [1.807, 2.05) is 0 Å². The summed E-state index contributed by atoms with van der Waals surface area (Å²) in [6, 6.07) is -1.11. The Morgan fingerprint density at radius 2 is 1.80 bits per heavy atom. The van der Waals surface area contributed by atoms with E-state index in [0.717, 1.165) is 12.8 Å². The average molecular weight is 351 g/mol. The van der Waals surface area contributed by atoms with Crippen molar-refractivity contribution in [3.8, 4) is 0 Å². The molecule has 2 bridgehead atoms. The highest BCUT2D eigenvalue weighted by Gasteiger charge is 2.63. The minimum atomic E-state index is -1.12. The van der Waals surface area contributed by atoms with Gasteiger partial charge in [0.2, 0.25) is 11.8 Å². The lowest BCUT2D eigenvalue weighted by Crippen LogP contribution is -2.58. The number of aliphatic carboxylic acids is 1. The van der Waals surface area contributed by atoms with Crippen LogP contribution in [-0.2, 0) is 14.4 Å². The first-order chi connectivity index (χ1) is 11.5. The molecule has 5 N–H and O–H groups in total. The molecule has 25 heavy (non-hydrogen) atoms. The third-order valence-corrected chi connectivity index (χ3v) is 6.74. The first-order valence-corrected chi connectivity index (χ1v) is 9.11. The van der Waals surface area contributed by atoms with E-state index in [1.54, 1.807) is 0 Å². The fourth-order valence-electron chi connectivity index (χ4n) is 5.28. The van der Waals surface area contributed by atoms with Crippen molar-refractivity contribution in [1.29, 1.82) is 0 Å². The van der Waals surface area contributed by atoms with Crippen LogP contribution in [-0.4, -0.2) is 34.6 Å². The number of rotatable bonds is 6. The molecule has 3 unspecified atom stereocenters. The van der Waals surface area contributed by atoms with Crippen LogP contribution in [0.5, 0.6) is 0 Å². The fraction of sp³-hybridized carbons (Fsp3) is 0.833. The Morgan fingerprint density at radius 3 is 2.28 bits per heavy atom. The third-order valence-electron chi connectivity index (χ3n) is 6.74. The summed E-state index contributed by atoms with van der Waals surface area (Å²) < 4.78 is 0. The van der Waals surface area contributed by atoms with Gasteiger partial charge in [-0.15, -0.1) is 0 Å². The SMILES string of the molecule is CC12CCC(C1)C(C)(C)C2C(=O)NC1(NC(=O)[C@@H](N)CC(=O)O)CC1. The number of fused-ring (bicyclic) bond motifs is 2. The van der Waals surface area contributed by atoms with Gasteiger partial charge in [-0.2, -0.15) is 0 Å². The molecule has 0 aromatic carbocycles. The third kappa shape index (κ3) is 3.14. The Bertz CT molecular complexity index is 609. The summed E-state index contributed by atoms with van der Waals surface area (Å²) in [5.41, 5.74) is 4.84. The van der Waals surface area contributed by atoms with Gasteiger partial charge in [0.15, 0.2) is 0 Å². The molecule has 3 saturated carbocycles. The molecule has 3 aliphatic rings. The minimum absolute atomic E-state index is 0.000643. The van der Waals surface area contributed by atoms with Crippen molar-refractivity contribution >= 4 is 17.8 Å². The summed E-state index contributed by atoms with van der Waals surface area (Å²) in [5.74, 6) is -1.14. The van der Waals surface area contributed by atoms with Gasteiger partial charge in [0, 0.05) is 5.92 Å². The number of carbonyl (C=O) groups is 3. The predicted molar refractivity (Wildman–Crippen MR) is 91.2 cm³/mol. The van der Waals surface area contributed by atoms with E-state index in [2.05, 4.69) is 31.4 Å². The van der Waals surface area contributed by atoms with Gasteiger partial charge >= 0.3 is 5.97 Å². The van der Waals surface area contributed by atoms with Crippen LogP contribution in [0.3, 0.4) is 0 Å². The van der Waals surface area contributed by atoms with Crippen LogP contribution in [0, 0.1) is 22.7 Å². The Hall–Kier alpha value is -1.63. The Labute approximate surface area is 148 Å². The van der Waals surface area contributed by atoms with Gasteiger partial charge in [0.25, 0.3) is 0 Å². The van der Waals surface area contributed by atoms with Crippen LogP contribution >= 0.6 is 0 Å². The molecule has 3 rings (SSSR count). The fourth-order valence-corrected chi connectivity index (χ4v) is 5.28. The van der Waals surface area contributed by atoms with Gasteiger partial charge in [-0.05, 0) is 48.9 Å². The zero-order chi connectivity index (χ0) is 18.6. The number of hydrogen-bond donors (Lipinski definition) is 4. The van der Waals surface area contributed by atoms with Gasteiger partial charge in [-0.1, -0.05) is 20.8 Å². The molecular formula is C18H29N3O4. The highest BCUT2D eigenvalue weighted by Crippen LogP contribution is 2.66. The summed E-state index contributed by atoms with van der Waals surface area (Å²) in [6.45, 7) is 6.55. The first kappa shape index (κ1) is 18.2. The van der Waals surface area contributed by atoms with Gasteiger partial charge in [-0.25, -0.2) is 0 Å². The minimum Gasteiger partial charge on any atom is -0.481 e. The number of amides is 2. The lowest BCUT2D eigenvalue weighted by Gasteiger charge is -2.42. The van der Waals surface area contributed by atoms with Crippen molar-refractivity contribution in [1.82, 2.24) is 10.6 Å². The normalized spacial score (nSPS) is 35.0. The molecule has 7 heteroatoms. The number of carboxylic acid groups (broad SMARTS) is 1. The van der Waals surface area contributed by atoms with Crippen molar-refractivity contribution in [3.63, 3.8) is 0 Å². The van der Waals surface area contributed by atoms with Crippen LogP contribution in [0.4, 0.5) is 0 Å². The van der Waals surface area contributed by atoms with Gasteiger partial charge in [0.05, 0.1) is 12.5 Å². The molecule has 0 aromatic rings. The van der Waals surface area contributed by atoms with Gasteiger partial charge in [-0.3, -0.25) is 14.4 Å². The summed E-state index contributed by atoms with van der Waals surface area (Å²) in [4.78, 5) is 35.9. The lowest BCUT2D eigenvalue weighted by atomic mass is 9.63. The molecule has 0 aromatic heterocycles. The molecule has 4 atom stereocenters. The molecule has 0 aliphatic heterocycles. The second-order valence-electron chi connectivity index (χ2n) is 9.11. The second kappa shape index (κ2) is 5.69. The summed E-state index contributed by atoms with van der Waals surface area (Å²) in [7, 11) is 0. The first-order valence-electron chi connectivity index (χ1n) is 9.11. The maximum atomic E-state index is 13.1. The number of nitrogens with one attached hydrogen (secondary N) is 2. The van der Waals surface area contributed by atoms with Crippen LogP contribution in [0.25, 0.3) is 0 Å². The molecule has 0 saturated heterocycles. The van der Waals surface area contributed by atoms with Crippen molar-refractivity contribution in [2.75, 3.05) is 0 Å². The Balaban J connectivity index is 1.65. The molecule has 0 radical (unpaired) electrons. The highest BCUT2D eigenvalue weighted by molar-refractivity contribution is 5.88. The van der Waals surface area contributed by atoms with E-state index < -0.39 is 30.0 Å². The molecular weight excluding hydrogens is 322 g/mol. The van der Waals surface area contributed by atoms with E-state index in [4.69, 9.17) is 10.8 Å². The highest BCUT2D eigenvalue weighted by atomic mass is 16.4. The molecule has 0 spiro atoms. The number of carbonyl (C=O) groups excluding carboxylic acids is 2. The standard InChI is InChI=1S/C18H29N3O4/c1-16(2)10-4-5-17(3,9-10)13(16)15(25)21-18(6-7-18)20-14(24)11(19)8-12(22)23/h10-11,13H,4-9,19H2,1-3H3,(H,20,24)(H,21,25)(H,22,23)/t10?,11-,13?,17?/m0/s1. The van der Waals surface area contributed by atoms with E-state index >= 15 is 0 Å². The van der Waals surface area contributed by atoms with E-state index in [0.29, 0.717) is 18.8 Å². The lowest BCUT2D eigenvalue weighted by molar-refractivity contribution is -0.140. The van der Waals surface area contributed by atoms with Crippen molar-refractivity contribution in [3.05, 3.63) is 0 Å². The number of hydrogen-bond acceptors (Lipinski definition) is 4. The predicted octanol–water partition coefficient (Wildman–Crippen LogP) is 0.973. The smallest absolute Gasteiger partial charge is 0.305 e. The molecule has 140 valence electrons. The number of carboxylic acids is 1. The van der Waals surface area contributed by atoms with Crippen LogP contribution in [0.1, 0.15) is 59.3 Å². The Morgan fingerprint density at radius 1 is 1.16 bits per heavy atom. The van der Waals surface area contributed by atoms with Gasteiger partial charge < -0.3 is 21.5 Å². The quantitative estimate of drug-likeness (QED) is 0.531. The molecule has 3 fully saturated rings. The molecule has 7 nitrogen and oxygen atoms in total. The van der Waals surface area contributed by atoms with Crippen molar-refractivity contribution < 1.29 is 19.5 Å². The van der Waals surface area contributed by atoms with Crippen molar-refractivity contribution in [2.45, 2.75) is 71.0 Å². The number of nitrogens with two attached hydrogens (primary N) is 1. The summed E-state index contributed by atoms with van der Waals surface area (Å²) >= 11 is 0. The topological polar surface area (TPSA) is 122 Å². The zero-order valence-electron chi connectivity index (χ0n) is 15.2. The maximum Gasteiger partial charge on any atom is 0.305 e. The van der Waals surface area contributed by atoms with E-state index in [9.17, 15) is 14.4 Å². The monoisotopic (exact) mass is 351 g/mol. The summed E-state index contributed by atoms with van der Waals surface area (Å²) in [6.07, 6.45) is 4.21. The molecule has 3 aliphatic carbocycles. The zero-order valence-corrected chi connectivity index (χ0v) is 15.2. The molecule has 0 heterocycles. The maximum absolute atomic E-state index is 13.1. The van der Waals surface area contributed by atoms with Crippen molar-refractivity contribution in [2.24, 2.45) is 28.4 Å². The van der Waals surface area contributed by atoms with Gasteiger partial charge in [0.1, 0.15) is 5.66 Å². The molecule has 2 amide bonds. The van der Waals surface area contributed by atoms with Crippen LogP contribution < -0.4 is 16.4 Å². The summed E-state index contributed by atoms with van der Waals surface area (Å²) in [5, 5.41) is 14.5. The largest absolute Gasteiger partial charge is 0.481 e. The van der Waals surface area contributed by atoms with Crippen LogP contribution in [0.15, 0.2) is 0 Å².